The summed E-state index contributed by atoms with van der Waals surface area (Å²) in [5.74, 6) is 0.0219. The summed E-state index contributed by atoms with van der Waals surface area (Å²) >= 11 is 5.90. The maximum Gasteiger partial charge on any atom is 0.193 e. The van der Waals surface area contributed by atoms with Crippen LogP contribution < -0.4 is 0 Å². The highest BCUT2D eigenvalue weighted by atomic mass is 35.5. The molecule has 0 N–H and O–H groups in total. The summed E-state index contributed by atoms with van der Waals surface area (Å²) < 4.78 is 0. The molecule has 0 atom stereocenters. The van der Waals surface area contributed by atoms with E-state index < -0.39 is 0 Å². The largest absolute Gasteiger partial charge is 0.289 e. The molecule has 2 heteroatoms. The molecule has 0 spiro atoms. The van der Waals surface area contributed by atoms with E-state index in [1.807, 2.05) is 32.0 Å². The number of benzene rings is 2. The Kier molecular flexibility index (Phi) is 3.30. The van der Waals surface area contributed by atoms with Gasteiger partial charge in [0, 0.05) is 16.1 Å². The molecule has 0 aliphatic carbocycles. The highest BCUT2D eigenvalue weighted by Gasteiger charge is 2.11. The summed E-state index contributed by atoms with van der Waals surface area (Å²) in [6, 6.07) is 12.9. The Hall–Kier alpha value is -1.60. The van der Waals surface area contributed by atoms with Crippen LogP contribution in [0.15, 0.2) is 42.5 Å². The minimum atomic E-state index is 0.0219. The molecule has 2 aromatic rings. The molecule has 0 unspecified atom stereocenters. The van der Waals surface area contributed by atoms with Gasteiger partial charge in [-0.15, -0.1) is 0 Å². The van der Waals surface area contributed by atoms with E-state index in [9.17, 15) is 4.79 Å². The fourth-order valence-corrected chi connectivity index (χ4v) is 1.96. The fraction of sp³-hybridized carbons (Fsp3) is 0.133. The second-order valence-electron chi connectivity index (χ2n) is 4.16. The lowest BCUT2D eigenvalue weighted by atomic mass is 9.97. The van der Waals surface area contributed by atoms with Crippen molar-refractivity contribution in [2.45, 2.75) is 13.8 Å². The van der Waals surface area contributed by atoms with E-state index >= 15 is 0 Å². The third-order valence-electron chi connectivity index (χ3n) is 2.72. The molecule has 0 radical (unpaired) electrons. The van der Waals surface area contributed by atoms with Crippen LogP contribution in [0, 0.1) is 13.8 Å². The van der Waals surface area contributed by atoms with Crippen LogP contribution in [-0.4, -0.2) is 5.78 Å². The Balaban J connectivity index is 2.47. The second-order valence-corrected chi connectivity index (χ2v) is 4.59. The predicted octanol–water partition coefficient (Wildman–Crippen LogP) is 4.19. The summed E-state index contributed by atoms with van der Waals surface area (Å²) in [5, 5.41) is 0.584. The first-order valence-corrected chi connectivity index (χ1v) is 5.83. The minimum Gasteiger partial charge on any atom is -0.289 e. The SMILES string of the molecule is Cc1ccc(C)c(C(=O)c2cccc(Cl)c2)c1. The first kappa shape index (κ1) is 11.9. The first-order valence-electron chi connectivity index (χ1n) is 5.45. The van der Waals surface area contributed by atoms with E-state index in [1.165, 1.54) is 0 Å². The Bertz CT molecular complexity index is 573. The summed E-state index contributed by atoms with van der Waals surface area (Å²) in [4.78, 5) is 12.3. The number of carbonyl (C=O) groups is 1. The quantitative estimate of drug-likeness (QED) is 0.724. The molecule has 0 saturated carbocycles. The average Bonchev–Trinajstić information content (AvgIpc) is 2.31. The minimum absolute atomic E-state index is 0.0219. The van der Waals surface area contributed by atoms with Gasteiger partial charge in [-0.1, -0.05) is 41.4 Å². The molecule has 2 aromatic carbocycles. The smallest absolute Gasteiger partial charge is 0.193 e. The zero-order valence-corrected chi connectivity index (χ0v) is 10.6. The van der Waals surface area contributed by atoms with Crippen LogP contribution in [0.1, 0.15) is 27.0 Å². The van der Waals surface area contributed by atoms with Crippen molar-refractivity contribution in [1.29, 1.82) is 0 Å². The molecule has 0 bridgehead atoms. The van der Waals surface area contributed by atoms with E-state index in [4.69, 9.17) is 11.6 Å². The molecule has 0 aliphatic heterocycles. The molecule has 0 heterocycles. The van der Waals surface area contributed by atoms with E-state index in [0.717, 1.165) is 16.7 Å². The molecule has 0 amide bonds. The summed E-state index contributed by atoms with van der Waals surface area (Å²) in [5.41, 5.74) is 3.44. The van der Waals surface area contributed by atoms with Gasteiger partial charge in [0.2, 0.25) is 0 Å². The molecule has 0 fully saturated rings. The normalized spacial score (nSPS) is 10.3. The molecule has 1 nitrogen and oxygen atoms in total. The molecule has 17 heavy (non-hydrogen) atoms. The Labute approximate surface area is 106 Å². The average molecular weight is 245 g/mol. The van der Waals surface area contributed by atoms with Crippen molar-refractivity contribution >= 4 is 17.4 Å². The van der Waals surface area contributed by atoms with E-state index in [-0.39, 0.29) is 5.78 Å². The van der Waals surface area contributed by atoms with Gasteiger partial charge in [-0.3, -0.25) is 4.79 Å². The Morgan fingerprint density at radius 1 is 1.06 bits per heavy atom. The molecule has 86 valence electrons. The van der Waals surface area contributed by atoms with Gasteiger partial charge in [-0.25, -0.2) is 0 Å². The number of ketones is 1. The van der Waals surface area contributed by atoms with Gasteiger partial charge in [0.25, 0.3) is 0 Å². The second kappa shape index (κ2) is 4.72. The van der Waals surface area contributed by atoms with Gasteiger partial charge in [-0.05, 0) is 37.6 Å². The van der Waals surface area contributed by atoms with Crippen LogP contribution in [0.25, 0.3) is 0 Å². The number of aryl methyl sites for hydroxylation is 2. The van der Waals surface area contributed by atoms with E-state index in [2.05, 4.69) is 0 Å². The van der Waals surface area contributed by atoms with Crippen molar-refractivity contribution in [3.63, 3.8) is 0 Å². The Morgan fingerprint density at radius 3 is 2.53 bits per heavy atom. The lowest BCUT2D eigenvalue weighted by Gasteiger charge is -2.06. The van der Waals surface area contributed by atoms with Crippen LogP contribution in [0.3, 0.4) is 0 Å². The van der Waals surface area contributed by atoms with Crippen LogP contribution in [0.5, 0.6) is 0 Å². The molecule has 2 rings (SSSR count). The number of hydrogen-bond donors (Lipinski definition) is 0. The van der Waals surface area contributed by atoms with Crippen molar-refractivity contribution in [2.24, 2.45) is 0 Å². The van der Waals surface area contributed by atoms with Crippen molar-refractivity contribution in [3.05, 3.63) is 69.7 Å². The van der Waals surface area contributed by atoms with Gasteiger partial charge in [0.1, 0.15) is 0 Å². The summed E-state index contributed by atoms with van der Waals surface area (Å²) in [7, 11) is 0. The molecular weight excluding hydrogens is 232 g/mol. The van der Waals surface area contributed by atoms with Gasteiger partial charge < -0.3 is 0 Å². The summed E-state index contributed by atoms with van der Waals surface area (Å²) in [6.45, 7) is 3.92. The maximum absolute atomic E-state index is 12.3. The van der Waals surface area contributed by atoms with E-state index in [0.29, 0.717) is 10.6 Å². The zero-order valence-electron chi connectivity index (χ0n) is 9.83. The highest BCUT2D eigenvalue weighted by Crippen LogP contribution is 2.18. The van der Waals surface area contributed by atoms with Crippen LogP contribution >= 0.6 is 11.6 Å². The van der Waals surface area contributed by atoms with Gasteiger partial charge in [0.15, 0.2) is 5.78 Å². The molecule has 0 saturated heterocycles. The number of hydrogen-bond acceptors (Lipinski definition) is 1. The Morgan fingerprint density at radius 2 is 1.82 bits per heavy atom. The topological polar surface area (TPSA) is 17.1 Å². The molecule has 0 aromatic heterocycles. The lowest BCUT2D eigenvalue weighted by molar-refractivity contribution is 0.103. The van der Waals surface area contributed by atoms with Crippen molar-refractivity contribution in [2.75, 3.05) is 0 Å². The van der Waals surface area contributed by atoms with E-state index in [1.54, 1.807) is 24.3 Å². The van der Waals surface area contributed by atoms with Crippen LogP contribution in [0.2, 0.25) is 5.02 Å². The maximum atomic E-state index is 12.3. The van der Waals surface area contributed by atoms with Gasteiger partial charge in [-0.2, -0.15) is 0 Å². The van der Waals surface area contributed by atoms with Crippen LogP contribution in [-0.2, 0) is 0 Å². The van der Waals surface area contributed by atoms with Crippen molar-refractivity contribution in [1.82, 2.24) is 0 Å². The first-order chi connectivity index (χ1) is 8.08. The highest BCUT2D eigenvalue weighted by molar-refractivity contribution is 6.31. The van der Waals surface area contributed by atoms with Crippen LogP contribution in [0.4, 0.5) is 0 Å². The van der Waals surface area contributed by atoms with Gasteiger partial charge in [0.05, 0.1) is 0 Å². The zero-order chi connectivity index (χ0) is 12.4. The molecule has 0 aliphatic rings. The number of rotatable bonds is 2. The van der Waals surface area contributed by atoms with Crippen molar-refractivity contribution in [3.8, 4) is 0 Å². The number of carbonyl (C=O) groups excluding carboxylic acids is 1. The van der Waals surface area contributed by atoms with Gasteiger partial charge >= 0.3 is 0 Å². The standard InChI is InChI=1S/C15H13ClO/c1-10-6-7-11(2)14(8-10)15(17)12-4-3-5-13(16)9-12/h3-9H,1-2H3. The van der Waals surface area contributed by atoms with Crippen molar-refractivity contribution < 1.29 is 4.79 Å². The third-order valence-corrected chi connectivity index (χ3v) is 2.96. The third kappa shape index (κ3) is 2.56. The fourth-order valence-electron chi connectivity index (χ4n) is 1.77. The molecular formula is C15H13ClO. The lowest BCUT2D eigenvalue weighted by Crippen LogP contribution is -2.04. The number of halogens is 1. The summed E-state index contributed by atoms with van der Waals surface area (Å²) in [6.07, 6.45) is 0. The predicted molar refractivity (Wildman–Crippen MR) is 70.8 cm³/mol. The monoisotopic (exact) mass is 244 g/mol.